The van der Waals surface area contributed by atoms with Crippen LogP contribution in [0.2, 0.25) is 0 Å². The number of ether oxygens (including phenoxy) is 1. The average Bonchev–Trinajstić information content (AvgIpc) is 3.49. The molecule has 0 N–H and O–H groups in total. The molecule has 202 valence electrons. The molecule has 2 saturated heterocycles. The number of carbonyl (C=O) groups excluding carboxylic acids is 3. The molecule has 0 aromatic heterocycles. The van der Waals surface area contributed by atoms with Crippen LogP contribution in [0.1, 0.15) is 22.8 Å². The molecular weight excluding hydrogens is 519 g/mol. The van der Waals surface area contributed by atoms with Gasteiger partial charge < -0.3 is 9.64 Å². The van der Waals surface area contributed by atoms with Crippen LogP contribution >= 0.6 is 0 Å². The number of fused-ring (bicyclic) bond motifs is 5. The Labute approximate surface area is 236 Å². The van der Waals surface area contributed by atoms with Crippen molar-refractivity contribution in [1.29, 1.82) is 0 Å². The van der Waals surface area contributed by atoms with Crippen molar-refractivity contribution in [2.75, 3.05) is 9.80 Å². The van der Waals surface area contributed by atoms with Crippen LogP contribution in [0.4, 0.5) is 15.8 Å². The van der Waals surface area contributed by atoms with Crippen LogP contribution < -0.4 is 9.80 Å². The maximum Gasteiger partial charge on any atom is 0.330 e. The number of halogens is 1. The zero-order valence-corrected chi connectivity index (χ0v) is 21.8. The standard InChI is InChI=1S/C34H25FN2O4/c35-24-16-8-10-18-26(24)37-32(38)28-27-20-19-21-11-7-9-17-25(21)36(27)30(29(28)33(37)39)34(40)41-31(22-12-3-1-4-13-22)23-14-5-2-6-15-23/h1-20,27-31H/t27-,28+,29+,30-/m0/s1. The van der Waals surface area contributed by atoms with Gasteiger partial charge >= 0.3 is 5.97 Å². The lowest BCUT2D eigenvalue weighted by molar-refractivity contribution is -0.151. The summed E-state index contributed by atoms with van der Waals surface area (Å²) in [4.78, 5) is 45.0. The molecule has 3 aliphatic heterocycles. The van der Waals surface area contributed by atoms with Crippen molar-refractivity contribution in [2.45, 2.75) is 18.2 Å². The molecule has 0 saturated carbocycles. The molecule has 7 rings (SSSR count). The molecule has 0 radical (unpaired) electrons. The van der Waals surface area contributed by atoms with Crippen LogP contribution in [-0.4, -0.2) is 29.9 Å². The normalized spacial score (nSPS) is 22.5. The third-order valence-electron chi connectivity index (χ3n) is 8.19. The summed E-state index contributed by atoms with van der Waals surface area (Å²) in [5.41, 5.74) is 3.06. The van der Waals surface area contributed by atoms with E-state index in [4.69, 9.17) is 4.74 Å². The zero-order valence-electron chi connectivity index (χ0n) is 21.8. The second-order valence-corrected chi connectivity index (χ2v) is 10.4. The Balaban J connectivity index is 1.33. The molecular formula is C34H25FN2O4. The lowest BCUT2D eigenvalue weighted by Gasteiger charge is -2.36. The molecule has 41 heavy (non-hydrogen) atoms. The van der Waals surface area contributed by atoms with E-state index in [-0.39, 0.29) is 5.69 Å². The van der Waals surface area contributed by atoms with Gasteiger partial charge in [-0.1, -0.05) is 103 Å². The molecule has 4 aromatic carbocycles. The first-order chi connectivity index (χ1) is 20.0. The molecule has 0 aliphatic carbocycles. The lowest BCUT2D eigenvalue weighted by Crippen LogP contribution is -2.49. The van der Waals surface area contributed by atoms with E-state index in [1.54, 1.807) is 6.07 Å². The predicted octanol–water partition coefficient (Wildman–Crippen LogP) is 5.55. The van der Waals surface area contributed by atoms with Crippen molar-refractivity contribution in [1.82, 2.24) is 0 Å². The van der Waals surface area contributed by atoms with Crippen molar-refractivity contribution < 1.29 is 23.5 Å². The summed E-state index contributed by atoms with van der Waals surface area (Å²) in [6, 6.07) is 30.4. The molecule has 3 aliphatic rings. The van der Waals surface area contributed by atoms with E-state index in [9.17, 15) is 18.8 Å². The molecule has 6 nitrogen and oxygen atoms in total. The first-order valence-corrected chi connectivity index (χ1v) is 13.5. The fourth-order valence-corrected chi connectivity index (χ4v) is 6.42. The quantitative estimate of drug-likeness (QED) is 0.244. The van der Waals surface area contributed by atoms with E-state index in [1.165, 1.54) is 18.2 Å². The molecule has 0 spiro atoms. The van der Waals surface area contributed by atoms with Gasteiger partial charge in [0.2, 0.25) is 11.8 Å². The van der Waals surface area contributed by atoms with Crippen LogP contribution in [0.25, 0.3) is 6.08 Å². The second kappa shape index (κ2) is 9.86. The summed E-state index contributed by atoms with van der Waals surface area (Å²) in [6.07, 6.45) is 3.03. The van der Waals surface area contributed by atoms with Crippen molar-refractivity contribution in [2.24, 2.45) is 11.8 Å². The van der Waals surface area contributed by atoms with E-state index in [0.717, 1.165) is 27.3 Å². The summed E-state index contributed by atoms with van der Waals surface area (Å²) in [7, 11) is 0. The SMILES string of the molecule is O=C(OC(c1ccccc1)c1ccccc1)[C@@H]1[C@@H]2C(=O)N(c3ccccc3F)C(=O)[C@@H]2[C@@H]2C=Cc3ccccc3N12. The first-order valence-electron chi connectivity index (χ1n) is 13.5. The molecule has 3 heterocycles. The van der Waals surface area contributed by atoms with Gasteiger partial charge in [0.25, 0.3) is 0 Å². The Bertz CT molecular complexity index is 1650. The van der Waals surface area contributed by atoms with Crippen LogP contribution in [0.15, 0.2) is 115 Å². The van der Waals surface area contributed by atoms with Crippen molar-refractivity contribution in [3.05, 3.63) is 138 Å². The monoisotopic (exact) mass is 544 g/mol. The largest absolute Gasteiger partial charge is 0.451 e. The van der Waals surface area contributed by atoms with Gasteiger partial charge in [-0.15, -0.1) is 0 Å². The number of hydrogen-bond acceptors (Lipinski definition) is 5. The number of nitrogens with zero attached hydrogens (tertiary/aromatic N) is 2. The Morgan fingerprint density at radius 1 is 0.707 bits per heavy atom. The van der Waals surface area contributed by atoms with E-state index >= 15 is 0 Å². The molecule has 4 atom stereocenters. The van der Waals surface area contributed by atoms with Crippen molar-refractivity contribution >= 4 is 35.2 Å². The minimum absolute atomic E-state index is 0.109. The number of benzene rings is 4. The number of para-hydroxylation sites is 2. The fourth-order valence-electron chi connectivity index (χ4n) is 6.42. The number of imide groups is 1. The lowest BCUT2D eigenvalue weighted by atomic mass is 9.88. The van der Waals surface area contributed by atoms with E-state index in [0.29, 0.717) is 0 Å². The summed E-state index contributed by atoms with van der Waals surface area (Å²) in [6.45, 7) is 0. The number of carbonyl (C=O) groups is 3. The Hall–Kier alpha value is -5.04. The smallest absolute Gasteiger partial charge is 0.330 e. The molecule has 4 aromatic rings. The highest BCUT2D eigenvalue weighted by Crippen LogP contribution is 2.50. The predicted molar refractivity (Wildman–Crippen MR) is 152 cm³/mol. The summed E-state index contributed by atoms with van der Waals surface area (Å²) < 4.78 is 21.1. The van der Waals surface area contributed by atoms with E-state index in [1.807, 2.05) is 102 Å². The Morgan fingerprint density at radius 3 is 1.93 bits per heavy atom. The molecule has 0 bridgehead atoms. The average molecular weight is 545 g/mol. The highest BCUT2D eigenvalue weighted by molar-refractivity contribution is 6.24. The third kappa shape index (κ3) is 3.96. The maximum absolute atomic E-state index is 14.8. The van der Waals surface area contributed by atoms with Crippen LogP contribution in [0.3, 0.4) is 0 Å². The molecule has 7 heteroatoms. The number of anilines is 2. The van der Waals surface area contributed by atoms with Gasteiger partial charge in [-0.3, -0.25) is 9.59 Å². The summed E-state index contributed by atoms with van der Waals surface area (Å²) in [5, 5.41) is 0. The van der Waals surface area contributed by atoms with Gasteiger partial charge in [0.15, 0.2) is 6.10 Å². The van der Waals surface area contributed by atoms with E-state index < -0.39 is 53.6 Å². The minimum atomic E-state index is -1.10. The van der Waals surface area contributed by atoms with Gasteiger partial charge in [-0.2, -0.15) is 0 Å². The third-order valence-corrected chi connectivity index (χ3v) is 8.19. The molecule has 0 unspecified atom stereocenters. The molecule has 2 fully saturated rings. The Kier molecular flexibility index (Phi) is 6.00. The Morgan fingerprint density at radius 2 is 1.27 bits per heavy atom. The summed E-state index contributed by atoms with van der Waals surface area (Å²) >= 11 is 0. The van der Waals surface area contributed by atoms with Gasteiger partial charge in [0, 0.05) is 5.69 Å². The highest BCUT2D eigenvalue weighted by Gasteiger charge is 2.65. The zero-order chi connectivity index (χ0) is 28.1. The van der Waals surface area contributed by atoms with Gasteiger partial charge in [-0.05, 0) is 34.9 Å². The number of esters is 1. The van der Waals surface area contributed by atoms with Gasteiger partial charge in [0.1, 0.15) is 11.9 Å². The molecule has 2 amide bonds. The van der Waals surface area contributed by atoms with Crippen LogP contribution in [0.5, 0.6) is 0 Å². The second-order valence-electron chi connectivity index (χ2n) is 10.4. The topological polar surface area (TPSA) is 66.9 Å². The van der Waals surface area contributed by atoms with Crippen LogP contribution in [0, 0.1) is 17.7 Å². The van der Waals surface area contributed by atoms with Gasteiger partial charge in [0.05, 0.1) is 23.6 Å². The highest BCUT2D eigenvalue weighted by atomic mass is 19.1. The number of hydrogen-bond donors (Lipinski definition) is 0. The first kappa shape index (κ1) is 25.0. The fraction of sp³-hybridized carbons (Fsp3) is 0.147. The summed E-state index contributed by atoms with van der Waals surface area (Å²) in [5.74, 6) is -4.37. The minimum Gasteiger partial charge on any atom is -0.451 e. The van der Waals surface area contributed by atoms with Crippen molar-refractivity contribution in [3.63, 3.8) is 0 Å². The van der Waals surface area contributed by atoms with Crippen molar-refractivity contribution in [3.8, 4) is 0 Å². The number of rotatable bonds is 5. The van der Waals surface area contributed by atoms with E-state index in [2.05, 4.69) is 0 Å². The van der Waals surface area contributed by atoms with Gasteiger partial charge in [-0.25, -0.2) is 14.1 Å². The number of amides is 2. The maximum atomic E-state index is 14.8. The van der Waals surface area contributed by atoms with Crippen LogP contribution in [-0.2, 0) is 19.1 Å².